The number of benzene rings is 1. The highest BCUT2D eigenvalue weighted by molar-refractivity contribution is 9.10. The first-order valence-corrected chi connectivity index (χ1v) is 8.00. The van der Waals surface area contributed by atoms with Crippen LogP contribution in [0.15, 0.2) is 34.8 Å². The minimum atomic E-state index is -0.0351. The maximum Gasteiger partial charge on any atom is 0.177 e. The Morgan fingerprint density at radius 3 is 2.75 bits per heavy atom. The number of carbonyl (C=O) groups is 1. The summed E-state index contributed by atoms with van der Waals surface area (Å²) in [6.45, 7) is 4.46. The Morgan fingerprint density at radius 2 is 2.10 bits per heavy atom. The van der Waals surface area contributed by atoms with Crippen molar-refractivity contribution < 1.29 is 4.79 Å². The van der Waals surface area contributed by atoms with Crippen LogP contribution in [0.3, 0.4) is 0 Å². The van der Waals surface area contributed by atoms with E-state index in [2.05, 4.69) is 21.2 Å². The van der Waals surface area contributed by atoms with Gasteiger partial charge in [-0.2, -0.15) is 0 Å². The monoisotopic (exact) mass is 352 g/mol. The number of nitrogens with two attached hydrogens (primary N) is 1. The predicted molar refractivity (Wildman–Crippen MR) is 89.4 cm³/mol. The third-order valence-corrected chi connectivity index (χ3v) is 4.82. The zero-order valence-electron chi connectivity index (χ0n) is 11.4. The number of nitrogens with one attached hydrogen (secondary N) is 1. The molecule has 0 unspecified atom stereocenters. The summed E-state index contributed by atoms with van der Waals surface area (Å²) in [6.07, 6.45) is 0. The Morgan fingerprint density at radius 1 is 1.40 bits per heavy atom. The van der Waals surface area contributed by atoms with Crippen LogP contribution in [0.4, 0.5) is 10.7 Å². The Balaban J connectivity index is 2.10. The lowest BCUT2D eigenvalue weighted by Gasteiger charge is -2.05. The summed E-state index contributed by atoms with van der Waals surface area (Å²) < 4.78 is 1.07. The van der Waals surface area contributed by atoms with Gasteiger partial charge in [0.25, 0.3) is 0 Å². The van der Waals surface area contributed by atoms with Crippen LogP contribution in [-0.4, -0.2) is 5.78 Å². The Kier molecular flexibility index (Phi) is 4.83. The van der Waals surface area contributed by atoms with Crippen molar-refractivity contribution in [2.24, 2.45) is 5.92 Å². The summed E-state index contributed by atoms with van der Waals surface area (Å²) >= 11 is 4.94. The fraction of sp³-hybridized carbons (Fsp3) is 0.267. The van der Waals surface area contributed by atoms with Crippen LogP contribution in [-0.2, 0) is 6.54 Å². The molecule has 2 aromatic rings. The standard InChI is InChI=1S/C15H17BrN2OS/c1-9(2)14(19)15-12(17)7-13(20-15)18-8-10-5-3-4-6-11(10)16/h3-7,9,18H,8,17H2,1-2H3. The van der Waals surface area contributed by atoms with Crippen molar-refractivity contribution in [1.82, 2.24) is 0 Å². The smallest absolute Gasteiger partial charge is 0.177 e. The largest absolute Gasteiger partial charge is 0.397 e. The van der Waals surface area contributed by atoms with E-state index in [0.717, 1.165) is 15.0 Å². The van der Waals surface area contributed by atoms with Crippen molar-refractivity contribution in [3.05, 3.63) is 45.2 Å². The highest BCUT2D eigenvalue weighted by atomic mass is 79.9. The second kappa shape index (κ2) is 6.41. The van der Waals surface area contributed by atoms with Gasteiger partial charge in [0.2, 0.25) is 0 Å². The van der Waals surface area contributed by atoms with Crippen LogP contribution in [0.2, 0.25) is 0 Å². The Hall–Kier alpha value is -1.33. The quantitative estimate of drug-likeness (QED) is 0.776. The first-order valence-electron chi connectivity index (χ1n) is 6.40. The van der Waals surface area contributed by atoms with Crippen LogP contribution in [0.25, 0.3) is 0 Å². The lowest BCUT2D eigenvalue weighted by molar-refractivity contribution is 0.0944. The molecule has 2 rings (SSSR count). The predicted octanol–water partition coefficient (Wildman–Crippen LogP) is 4.54. The molecule has 1 heterocycles. The SMILES string of the molecule is CC(C)C(=O)c1sc(NCc2ccccc2Br)cc1N. The molecule has 5 heteroatoms. The van der Waals surface area contributed by atoms with Crippen molar-refractivity contribution in [3.8, 4) is 0 Å². The normalized spacial score (nSPS) is 10.8. The number of Topliss-reactive ketones (excluding diaryl/α,β-unsaturated/α-hetero) is 1. The summed E-state index contributed by atoms with van der Waals surface area (Å²) in [5.74, 6) is 0.0634. The lowest BCUT2D eigenvalue weighted by atomic mass is 10.1. The molecule has 3 nitrogen and oxygen atoms in total. The van der Waals surface area contributed by atoms with Crippen molar-refractivity contribution in [2.45, 2.75) is 20.4 Å². The number of hydrogen-bond acceptors (Lipinski definition) is 4. The molecule has 3 N–H and O–H groups in total. The van der Waals surface area contributed by atoms with Crippen LogP contribution in [0.1, 0.15) is 29.1 Å². The molecule has 0 atom stereocenters. The first-order chi connectivity index (χ1) is 9.49. The number of nitrogen functional groups attached to an aromatic ring is 1. The fourth-order valence-electron chi connectivity index (χ4n) is 1.77. The van der Waals surface area contributed by atoms with Gasteiger partial charge in [0.15, 0.2) is 5.78 Å². The van der Waals surface area contributed by atoms with Crippen LogP contribution in [0, 0.1) is 5.92 Å². The molecule has 0 radical (unpaired) electrons. The van der Waals surface area contributed by atoms with Gasteiger partial charge in [0.05, 0.1) is 15.6 Å². The van der Waals surface area contributed by atoms with Gasteiger partial charge in [0, 0.05) is 16.9 Å². The van der Waals surface area contributed by atoms with E-state index in [1.54, 1.807) is 0 Å². The Labute approximate surface area is 131 Å². The summed E-state index contributed by atoms with van der Waals surface area (Å²) in [5, 5.41) is 4.23. The molecule has 0 fully saturated rings. The Bertz CT molecular complexity index is 622. The number of rotatable bonds is 5. The number of ketones is 1. The van der Waals surface area contributed by atoms with E-state index in [-0.39, 0.29) is 11.7 Å². The van der Waals surface area contributed by atoms with Crippen molar-refractivity contribution in [2.75, 3.05) is 11.1 Å². The number of carbonyl (C=O) groups excluding carboxylic acids is 1. The highest BCUT2D eigenvalue weighted by Crippen LogP contribution is 2.31. The average Bonchev–Trinajstić information content (AvgIpc) is 2.78. The van der Waals surface area contributed by atoms with Gasteiger partial charge >= 0.3 is 0 Å². The maximum atomic E-state index is 12.0. The van der Waals surface area contributed by atoms with Gasteiger partial charge in [-0.1, -0.05) is 48.0 Å². The molecule has 0 saturated heterocycles. The van der Waals surface area contributed by atoms with E-state index in [4.69, 9.17) is 5.73 Å². The maximum absolute atomic E-state index is 12.0. The minimum absolute atomic E-state index is 0.0351. The number of hydrogen-bond donors (Lipinski definition) is 2. The molecule has 0 spiro atoms. The zero-order valence-corrected chi connectivity index (χ0v) is 13.8. The molecular formula is C15H17BrN2OS. The van der Waals surface area contributed by atoms with E-state index in [9.17, 15) is 4.79 Å². The molecular weight excluding hydrogens is 336 g/mol. The average molecular weight is 353 g/mol. The molecule has 1 aromatic carbocycles. The van der Waals surface area contributed by atoms with Gasteiger partial charge in [0.1, 0.15) is 0 Å². The molecule has 0 bridgehead atoms. The second-order valence-corrected chi connectivity index (χ2v) is 6.77. The zero-order chi connectivity index (χ0) is 14.7. The van der Waals surface area contributed by atoms with E-state index in [1.165, 1.54) is 11.3 Å². The molecule has 106 valence electrons. The van der Waals surface area contributed by atoms with Gasteiger partial charge < -0.3 is 11.1 Å². The molecule has 0 aliphatic carbocycles. The van der Waals surface area contributed by atoms with Gasteiger partial charge in [-0.25, -0.2) is 0 Å². The molecule has 0 amide bonds. The third-order valence-electron chi connectivity index (χ3n) is 2.92. The summed E-state index contributed by atoms with van der Waals surface area (Å²) in [4.78, 5) is 12.6. The minimum Gasteiger partial charge on any atom is -0.397 e. The van der Waals surface area contributed by atoms with Gasteiger partial charge in [-0.3, -0.25) is 4.79 Å². The number of thiophene rings is 1. The van der Waals surface area contributed by atoms with E-state index in [1.807, 2.05) is 44.2 Å². The highest BCUT2D eigenvalue weighted by Gasteiger charge is 2.17. The van der Waals surface area contributed by atoms with E-state index < -0.39 is 0 Å². The molecule has 20 heavy (non-hydrogen) atoms. The van der Waals surface area contributed by atoms with Gasteiger partial charge in [-0.15, -0.1) is 11.3 Å². The molecule has 0 aliphatic heterocycles. The summed E-state index contributed by atoms with van der Waals surface area (Å²) in [7, 11) is 0. The third kappa shape index (κ3) is 3.41. The van der Waals surface area contributed by atoms with Crippen molar-refractivity contribution in [3.63, 3.8) is 0 Å². The fourth-order valence-corrected chi connectivity index (χ4v) is 3.26. The van der Waals surface area contributed by atoms with E-state index in [0.29, 0.717) is 17.1 Å². The number of anilines is 2. The molecule has 0 saturated carbocycles. The van der Waals surface area contributed by atoms with Crippen LogP contribution in [0.5, 0.6) is 0 Å². The second-order valence-electron chi connectivity index (χ2n) is 4.86. The lowest BCUT2D eigenvalue weighted by Crippen LogP contribution is -2.07. The van der Waals surface area contributed by atoms with Crippen molar-refractivity contribution >= 4 is 43.7 Å². The van der Waals surface area contributed by atoms with Crippen LogP contribution >= 0.6 is 27.3 Å². The summed E-state index contributed by atoms with van der Waals surface area (Å²) in [5.41, 5.74) is 7.64. The first kappa shape index (κ1) is 15.1. The topological polar surface area (TPSA) is 55.1 Å². The van der Waals surface area contributed by atoms with E-state index >= 15 is 0 Å². The van der Waals surface area contributed by atoms with Gasteiger partial charge in [-0.05, 0) is 17.7 Å². The summed E-state index contributed by atoms with van der Waals surface area (Å²) in [6, 6.07) is 9.87. The molecule has 0 aliphatic rings. The number of halogens is 1. The van der Waals surface area contributed by atoms with Crippen LogP contribution < -0.4 is 11.1 Å². The van der Waals surface area contributed by atoms with Crippen molar-refractivity contribution in [1.29, 1.82) is 0 Å². The molecule has 1 aromatic heterocycles.